The number of thioether (sulfide) groups is 1. The number of nitrogens with zero attached hydrogens (tertiary/aromatic N) is 4. The van der Waals surface area contributed by atoms with Gasteiger partial charge in [-0.1, -0.05) is 89.2 Å². The lowest BCUT2D eigenvalue weighted by molar-refractivity contribution is -0.115. The number of aromatic nitrogens is 3. The molecule has 0 aliphatic carbocycles. The molecule has 37 heavy (non-hydrogen) atoms. The van der Waals surface area contributed by atoms with Gasteiger partial charge in [0.25, 0.3) is 0 Å². The van der Waals surface area contributed by atoms with Gasteiger partial charge < -0.3 is 0 Å². The molecule has 7 heteroatoms. The highest BCUT2D eigenvalue weighted by Crippen LogP contribution is 2.48. The zero-order chi connectivity index (χ0) is 25.4. The Balaban J connectivity index is 1.35. The minimum absolute atomic E-state index is 0.000705. The van der Waals surface area contributed by atoms with E-state index in [4.69, 9.17) is 0 Å². The van der Waals surface area contributed by atoms with Crippen LogP contribution in [-0.4, -0.2) is 26.4 Å². The highest BCUT2D eigenvalue weighted by atomic mass is 32.2. The molecule has 1 aromatic heterocycles. The third-order valence-corrected chi connectivity index (χ3v) is 8.25. The molecule has 5 nitrogen and oxygen atoms in total. The number of hydrogen-bond acceptors (Lipinski definition) is 5. The first kappa shape index (κ1) is 23.6. The van der Waals surface area contributed by atoms with E-state index in [2.05, 4.69) is 72.6 Å². The lowest BCUT2D eigenvalue weighted by Gasteiger charge is -2.30. The van der Waals surface area contributed by atoms with Gasteiger partial charge in [-0.2, -0.15) is 0 Å². The first-order valence-electron chi connectivity index (χ1n) is 12.0. The Morgan fingerprint density at radius 1 is 0.784 bits per heavy atom. The van der Waals surface area contributed by atoms with Crippen LogP contribution in [0.5, 0.6) is 0 Å². The number of amides is 1. The number of benzene rings is 4. The van der Waals surface area contributed by atoms with E-state index in [0.29, 0.717) is 5.16 Å². The highest BCUT2D eigenvalue weighted by Gasteiger charge is 2.28. The van der Waals surface area contributed by atoms with Gasteiger partial charge in [0.05, 0.1) is 17.1 Å². The van der Waals surface area contributed by atoms with Gasteiger partial charge in [-0.15, -0.1) is 10.2 Å². The molecule has 0 saturated carbocycles. The molecule has 0 atom stereocenters. The van der Waals surface area contributed by atoms with E-state index < -0.39 is 0 Å². The van der Waals surface area contributed by atoms with Gasteiger partial charge >= 0.3 is 0 Å². The summed E-state index contributed by atoms with van der Waals surface area (Å²) in [7, 11) is 0. The van der Waals surface area contributed by atoms with E-state index in [1.165, 1.54) is 17.3 Å². The second-order valence-electron chi connectivity index (χ2n) is 8.90. The fraction of sp³-hybridized carbons (Fsp3) is 0.100. The van der Waals surface area contributed by atoms with Gasteiger partial charge in [-0.25, -0.2) is 0 Å². The topological polar surface area (TPSA) is 51.0 Å². The van der Waals surface area contributed by atoms with Crippen molar-refractivity contribution in [2.75, 3.05) is 10.7 Å². The molecule has 0 N–H and O–H groups in total. The minimum atomic E-state index is 0.000705. The van der Waals surface area contributed by atoms with Gasteiger partial charge in [-0.3, -0.25) is 14.3 Å². The molecular weight excluding hydrogens is 496 g/mol. The fourth-order valence-corrected chi connectivity index (χ4v) is 6.28. The van der Waals surface area contributed by atoms with Gasteiger partial charge in [0, 0.05) is 21.0 Å². The van der Waals surface area contributed by atoms with Gasteiger partial charge in [-0.05, 0) is 56.3 Å². The van der Waals surface area contributed by atoms with Crippen LogP contribution in [0.2, 0.25) is 0 Å². The monoisotopic (exact) mass is 520 g/mol. The molecule has 6 rings (SSSR count). The van der Waals surface area contributed by atoms with Crippen LogP contribution in [0.3, 0.4) is 0 Å². The highest BCUT2D eigenvalue weighted by molar-refractivity contribution is 8.00. The Morgan fingerprint density at radius 2 is 1.46 bits per heavy atom. The maximum Gasteiger partial charge on any atom is 0.242 e. The lowest BCUT2D eigenvalue weighted by atomic mass is 10.1. The smallest absolute Gasteiger partial charge is 0.242 e. The van der Waals surface area contributed by atoms with Crippen LogP contribution < -0.4 is 4.90 Å². The van der Waals surface area contributed by atoms with Crippen molar-refractivity contribution in [2.45, 2.75) is 28.8 Å². The van der Waals surface area contributed by atoms with E-state index >= 15 is 0 Å². The predicted octanol–water partition coefficient (Wildman–Crippen LogP) is 7.47. The maximum absolute atomic E-state index is 13.7. The Labute approximate surface area is 224 Å². The Hall–Kier alpha value is -3.81. The molecule has 1 amide bonds. The molecule has 2 heterocycles. The normalized spacial score (nSPS) is 12.2. The number of hydrogen-bond donors (Lipinski definition) is 0. The third-order valence-electron chi connectivity index (χ3n) is 6.21. The molecule has 4 aromatic carbocycles. The van der Waals surface area contributed by atoms with Gasteiger partial charge in [0.2, 0.25) is 5.91 Å². The van der Waals surface area contributed by atoms with E-state index in [9.17, 15) is 4.79 Å². The standard InChI is InChI=1S/C30H24N4OS2/c1-20-14-16-23(17-15-20)33-29(22-9-7-8-21(2)18-22)31-32-30(33)36-19-28(35)34-24-10-3-5-12-26(24)37-27-13-6-4-11-25(27)34/h3-18H,19H2,1-2H3. The average molecular weight is 521 g/mol. The van der Waals surface area contributed by atoms with Crippen LogP contribution in [0, 0.1) is 13.8 Å². The SMILES string of the molecule is Cc1ccc(-n2c(SCC(=O)N3c4ccccc4Sc4ccccc43)nnc2-c2cccc(C)c2)cc1. The predicted molar refractivity (Wildman–Crippen MR) is 151 cm³/mol. The van der Waals surface area contributed by atoms with Crippen molar-refractivity contribution in [3.05, 3.63) is 108 Å². The van der Waals surface area contributed by atoms with Crippen molar-refractivity contribution in [1.82, 2.24) is 14.8 Å². The van der Waals surface area contributed by atoms with Crippen molar-refractivity contribution >= 4 is 40.8 Å². The Kier molecular flexibility index (Phi) is 6.32. The lowest BCUT2D eigenvalue weighted by Crippen LogP contribution is -2.30. The minimum Gasteiger partial charge on any atom is -0.278 e. The largest absolute Gasteiger partial charge is 0.278 e. The molecule has 0 fully saturated rings. The van der Waals surface area contributed by atoms with Crippen LogP contribution >= 0.6 is 23.5 Å². The quantitative estimate of drug-likeness (QED) is 0.225. The summed E-state index contributed by atoms with van der Waals surface area (Å²) in [6.45, 7) is 4.13. The van der Waals surface area contributed by atoms with E-state index in [0.717, 1.165) is 43.8 Å². The van der Waals surface area contributed by atoms with Crippen LogP contribution in [0.4, 0.5) is 11.4 Å². The third kappa shape index (κ3) is 4.56. The second kappa shape index (κ2) is 9.92. The number of para-hydroxylation sites is 2. The van der Waals surface area contributed by atoms with E-state index in [-0.39, 0.29) is 11.7 Å². The van der Waals surface area contributed by atoms with Crippen LogP contribution in [-0.2, 0) is 4.79 Å². The molecule has 1 aliphatic heterocycles. The molecule has 182 valence electrons. The van der Waals surface area contributed by atoms with Crippen molar-refractivity contribution < 1.29 is 4.79 Å². The zero-order valence-corrected chi connectivity index (χ0v) is 22.1. The average Bonchev–Trinajstić information content (AvgIpc) is 3.35. The van der Waals surface area contributed by atoms with E-state index in [1.807, 2.05) is 58.0 Å². The summed E-state index contributed by atoms with van der Waals surface area (Å²) >= 11 is 3.10. The number of aryl methyl sites for hydroxylation is 2. The van der Waals surface area contributed by atoms with Crippen LogP contribution in [0.25, 0.3) is 17.1 Å². The number of fused-ring (bicyclic) bond motifs is 2. The first-order valence-corrected chi connectivity index (χ1v) is 13.8. The fourth-order valence-electron chi connectivity index (χ4n) is 4.43. The van der Waals surface area contributed by atoms with Gasteiger partial charge in [0.1, 0.15) is 0 Å². The zero-order valence-electron chi connectivity index (χ0n) is 20.5. The number of rotatable bonds is 5. The maximum atomic E-state index is 13.7. The van der Waals surface area contributed by atoms with Crippen molar-refractivity contribution in [3.8, 4) is 17.1 Å². The number of carbonyl (C=O) groups excluding carboxylic acids is 1. The first-order chi connectivity index (χ1) is 18.1. The summed E-state index contributed by atoms with van der Waals surface area (Å²) in [6.07, 6.45) is 0. The molecule has 0 bridgehead atoms. The van der Waals surface area contributed by atoms with E-state index in [1.54, 1.807) is 11.8 Å². The molecular formula is C30H24N4OS2. The summed E-state index contributed by atoms with van der Waals surface area (Å²) in [4.78, 5) is 17.7. The van der Waals surface area contributed by atoms with Crippen LogP contribution in [0.1, 0.15) is 11.1 Å². The summed E-state index contributed by atoms with van der Waals surface area (Å²) < 4.78 is 2.04. The van der Waals surface area contributed by atoms with Gasteiger partial charge in [0.15, 0.2) is 11.0 Å². The van der Waals surface area contributed by atoms with Crippen LogP contribution in [0.15, 0.2) is 112 Å². The molecule has 0 saturated heterocycles. The Bertz CT molecular complexity index is 1560. The second-order valence-corrected chi connectivity index (χ2v) is 10.9. The number of anilines is 2. The molecule has 0 unspecified atom stereocenters. The molecule has 5 aromatic rings. The van der Waals surface area contributed by atoms with Crippen molar-refractivity contribution in [1.29, 1.82) is 0 Å². The van der Waals surface area contributed by atoms with Crippen molar-refractivity contribution in [2.24, 2.45) is 0 Å². The summed E-state index contributed by atoms with van der Waals surface area (Å²) in [5.41, 5.74) is 6.11. The molecule has 0 spiro atoms. The summed E-state index contributed by atoms with van der Waals surface area (Å²) in [5, 5.41) is 9.76. The molecule has 0 radical (unpaired) electrons. The Morgan fingerprint density at radius 3 is 2.14 bits per heavy atom. The number of carbonyl (C=O) groups is 1. The molecule has 1 aliphatic rings. The summed E-state index contributed by atoms with van der Waals surface area (Å²) in [5.74, 6) is 0.985. The summed E-state index contributed by atoms with van der Waals surface area (Å²) in [6, 6.07) is 32.6. The van der Waals surface area contributed by atoms with Crippen molar-refractivity contribution in [3.63, 3.8) is 0 Å².